The third kappa shape index (κ3) is 4.33. The number of nitrogens with zero attached hydrogens (tertiary/aromatic N) is 3. The molecule has 2 unspecified atom stereocenters. The number of piperazine rings is 1. The van der Waals surface area contributed by atoms with Gasteiger partial charge in [0.15, 0.2) is 0 Å². The maximum Gasteiger partial charge on any atom is 0.243 e. The van der Waals surface area contributed by atoms with E-state index in [0.29, 0.717) is 19.4 Å². The van der Waals surface area contributed by atoms with Crippen LogP contribution in [0.1, 0.15) is 34.9 Å². The highest BCUT2D eigenvalue weighted by Crippen LogP contribution is 2.39. The molecule has 2 saturated heterocycles. The number of para-hydroxylation sites is 1. The fourth-order valence-corrected chi connectivity index (χ4v) is 6.03. The molecule has 0 saturated carbocycles. The molecule has 2 atom stereocenters. The van der Waals surface area contributed by atoms with Gasteiger partial charge in [-0.3, -0.25) is 24.7 Å². The number of carbonyl (C=O) groups excluding carboxylic acids is 2. The summed E-state index contributed by atoms with van der Waals surface area (Å²) >= 11 is 8.47. The Morgan fingerprint density at radius 2 is 1.84 bits per heavy atom. The van der Waals surface area contributed by atoms with Gasteiger partial charge in [0, 0.05) is 50.2 Å². The summed E-state index contributed by atoms with van der Waals surface area (Å²) in [5, 5.41) is 2.36. The lowest BCUT2D eigenvalue weighted by molar-refractivity contribution is -0.137. The lowest BCUT2D eigenvalue weighted by Gasteiger charge is -2.36. The van der Waals surface area contributed by atoms with Crippen LogP contribution in [0.5, 0.6) is 0 Å². The summed E-state index contributed by atoms with van der Waals surface area (Å²) in [7, 11) is 0. The number of rotatable bonds is 4. The van der Waals surface area contributed by atoms with Gasteiger partial charge in [-0.25, -0.2) is 0 Å². The minimum absolute atomic E-state index is 0.115. The van der Waals surface area contributed by atoms with E-state index in [-0.39, 0.29) is 23.2 Å². The first-order chi connectivity index (χ1) is 15.5. The van der Waals surface area contributed by atoms with Gasteiger partial charge in [0.1, 0.15) is 0 Å². The van der Waals surface area contributed by atoms with E-state index in [1.165, 1.54) is 22.4 Å². The maximum absolute atomic E-state index is 12.3. The second-order valence-electron chi connectivity index (χ2n) is 8.76. The zero-order valence-electron chi connectivity index (χ0n) is 17.8. The number of fused-ring (bicyclic) bond motifs is 1. The molecular formula is C24H27BrN4O2S. The molecule has 3 aliphatic heterocycles. The number of carbonyl (C=O) groups is 2. The van der Waals surface area contributed by atoms with Gasteiger partial charge in [0.05, 0.1) is 17.1 Å². The van der Waals surface area contributed by atoms with E-state index in [0.717, 1.165) is 37.2 Å². The second kappa shape index (κ2) is 9.17. The van der Waals surface area contributed by atoms with E-state index in [1.807, 2.05) is 6.07 Å². The Morgan fingerprint density at radius 1 is 1.06 bits per heavy atom. The number of hydrogen-bond donors (Lipinski definition) is 2. The molecule has 32 heavy (non-hydrogen) atoms. The Kier molecular flexibility index (Phi) is 6.29. The summed E-state index contributed by atoms with van der Waals surface area (Å²) in [6.07, 6.45) is 0.949. The smallest absolute Gasteiger partial charge is 0.243 e. The van der Waals surface area contributed by atoms with Crippen LogP contribution in [0.4, 0.5) is 5.69 Å². The standard InChI is InChI=1S/C24H27BrN4O2S/c25-19-3-1-2-4-20(19)28-11-9-27(10-12-28)14-16-5-6-18-17(13-16)15-29(24(18)32)21-7-8-22(30)26-23(21)31/h1-6,13,21,24,32H,7-12,14-15H2,(H,26,30,31). The van der Waals surface area contributed by atoms with Crippen molar-refractivity contribution in [3.63, 3.8) is 0 Å². The largest absolute Gasteiger partial charge is 0.368 e. The maximum atomic E-state index is 12.3. The summed E-state index contributed by atoms with van der Waals surface area (Å²) in [6, 6.07) is 14.7. The van der Waals surface area contributed by atoms with Crippen molar-refractivity contribution >= 4 is 46.1 Å². The number of piperidine rings is 1. The van der Waals surface area contributed by atoms with Gasteiger partial charge in [-0.15, -0.1) is 0 Å². The Labute approximate surface area is 202 Å². The van der Waals surface area contributed by atoms with E-state index >= 15 is 0 Å². The molecule has 168 valence electrons. The molecule has 6 nitrogen and oxygen atoms in total. The third-order valence-corrected chi connectivity index (χ3v) is 7.98. The van der Waals surface area contributed by atoms with Gasteiger partial charge in [-0.2, -0.15) is 12.6 Å². The average molecular weight is 515 g/mol. The van der Waals surface area contributed by atoms with Crippen LogP contribution in [0.2, 0.25) is 0 Å². The molecule has 2 fully saturated rings. The van der Waals surface area contributed by atoms with Crippen LogP contribution in [0.25, 0.3) is 0 Å². The number of thiol groups is 1. The Bertz CT molecular complexity index is 1040. The number of anilines is 1. The zero-order chi connectivity index (χ0) is 22.2. The molecule has 5 rings (SSSR count). The van der Waals surface area contributed by atoms with E-state index in [9.17, 15) is 9.59 Å². The van der Waals surface area contributed by atoms with Crippen LogP contribution >= 0.6 is 28.6 Å². The molecule has 0 aromatic heterocycles. The Morgan fingerprint density at radius 3 is 2.59 bits per heavy atom. The van der Waals surface area contributed by atoms with E-state index in [1.54, 1.807) is 0 Å². The molecule has 0 aliphatic carbocycles. The molecule has 3 heterocycles. The van der Waals surface area contributed by atoms with Crippen LogP contribution in [-0.2, 0) is 22.7 Å². The summed E-state index contributed by atoms with van der Waals surface area (Å²) < 4.78 is 1.15. The fraction of sp³-hybridized carbons (Fsp3) is 0.417. The summed E-state index contributed by atoms with van der Waals surface area (Å²) in [5.41, 5.74) is 4.96. The van der Waals surface area contributed by atoms with Gasteiger partial charge in [0.2, 0.25) is 11.8 Å². The normalized spacial score (nSPS) is 24.5. The number of benzene rings is 2. The molecule has 0 radical (unpaired) electrons. The topological polar surface area (TPSA) is 55.9 Å². The van der Waals surface area contributed by atoms with Crippen LogP contribution in [0, 0.1) is 0 Å². The van der Waals surface area contributed by atoms with Crippen molar-refractivity contribution in [2.45, 2.75) is 37.3 Å². The van der Waals surface area contributed by atoms with Crippen molar-refractivity contribution in [1.82, 2.24) is 15.1 Å². The lowest BCUT2D eigenvalue weighted by Crippen LogP contribution is -2.51. The van der Waals surface area contributed by atoms with E-state index < -0.39 is 0 Å². The van der Waals surface area contributed by atoms with E-state index in [4.69, 9.17) is 12.6 Å². The van der Waals surface area contributed by atoms with Crippen molar-refractivity contribution in [3.05, 3.63) is 63.6 Å². The van der Waals surface area contributed by atoms with Gasteiger partial charge in [0.25, 0.3) is 0 Å². The predicted molar refractivity (Wildman–Crippen MR) is 132 cm³/mol. The SMILES string of the molecule is O=C1CCC(N2Cc3cc(CN4CCN(c5ccccc5Br)CC4)ccc3C2S)C(=O)N1. The van der Waals surface area contributed by atoms with Crippen molar-refractivity contribution in [2.24, 2.45) is 0 Å². The molecule has 8 heteroatoms. The summed E-state index contributed by atoms with van der Waals surface area (Å²) in [4.78, 5) is 30.9. The highest BCUT2D eigenvalue weighted by Gasteiger charge is 2.39. The molecular weight excluding hydrogens is 488 g/mol. The first-order valence-corrected chi connectivity index (χ1v) is 12.4. The molecule has 3 aliphatic rings. The zero-order valence-corrected chi connectivity index (χ0v) is 20.3. The van der Waals surface area contributed by atoms with Crippen LogP contribution in [-0.4, -0.2) is 53.8 Å². The molecule has 1 N–H and O–H groups in total. The van der Waals surface area contributed by atoms with Crippen LogP contribution in [0.15, 0.2) is 46.9 Å². The molecule has 0 bridgehead atoms. The average Bonchev–Trinajstić information content (AvgIpc) is 3.10. The van der Waals surface area contributed by atoms with Gasteiger partial charge >= 0.3 is 0 Å². The number of hydrogen-bond acceptors (Lipinski definition) is 6. The highest BCUT2D eigenvalue weighted by molar-refractivity contribution is 9.10. The van der Waals surface area contributed by atoms with Gasteiger partial charge in [-0.05, 0) is 51.2 Å². The number of nitrogens with one attached hydrogen (secondary N) is 1. The molecule has 0 spiro atoms. The predicted octanol–water partition coefficient (Wildman–Crippen LogP) is 3.32. The second-order valence-corrected chi connectivity index (χ2v) is 10.1. The molecule has 2 aromatic rings. The summed E-state index contributed by atoms with van der Waals surface area (Å²) in [5.74, 6) is -0.378. The number of imide groups is 1. The Hall–Kier alpha value is -1.87. The lowest BCUT2D eigenvalue weighted by atomic mass is 10.0. The minimum atomic E-state index is -0.295. The van der Waals surface area contributed by atoms with Crippen molar-refractivity contribution < 1.29 is 9.59 Å². The van der Waals surface area contributed by atoms with Crippen molar-refractivity contribution in [3.8, 4) is 0 Å². The fourth-order valence-electron chi connectivity index (χ4n) is 5.00. The highest BCUT2D eigenvalue weighted by atomic mass is 79.9. The first-order valence-electron chi connectivity index (χ1n) is 11.1. The van der Waals surface area contributed by atoms with E-state index in [2.05, 4.69) is 72.3 Å². The Balaban J connectivity index is 1.21. The monoisotopic (exact) mass is 514 g/mol. The van der Waals surface area contributed by atoms with Crippen molar-refractivity contribution in [1.29, 1.82) is 0 Å². The quantitative estimate of drug-likeness (QED) is 0.484. The number of amides is 2. The van der Waals surface area contributed by atoms with Crippen LogP contribution < -0.4 is 10.2 Å². The van der Waals surface area contributed by atoms with Crippen LogP contribution in [0.3, 0.4) is 0 Å². The van der Waals surface area contributed by atoms with Gasteiger partial charge < -0.3 is 4.90 Å². The molecule has 2 amide bonds. The number of halogens is 1. The van der Waals surface area contributed by atoms with Crippen molar-refractivity contribution in [2.75, 3.05) is 31.1 Å². The minimum Gasteiger partial charge on any atom is -0.368 e. The third-order valence-electron chi connectivity index (χ3n) is 6.73. The molecule has 2 aromatic carbocycles. The van der Waals surface area contributed by atoms with Gasteiger partial charge in [-0.1, -0.05) is 30.3 Å². The first kappa shape index (κ1) is 21.9. The summed E-state index contributed by atoms with van der Waals surface area (Å²) in [6.45, 7) is 5.68.